The van der Waals surface area contributed by atoms with E-state index in [4.69, 9.17) is 31.4 Å². The topological polar surface area (TPSA) is 106 Å². The average molecular weight is 1160 g/mol. The van der Waals surface area contributed by atoms with E-state index < -0.39 is 0 Å². The van der Waals surface area contributed by atoms with Crippen molar-refractivity contribution in [3.63, 3.8) is 0 Å². The monoisotopic (exact) mass is 1150 g/mol. The van der Waals surface area contributed by atoms with Crippen LogP contribution in [-0.2, 0) is 62.8 Å². The molecule has 8 bridgehead atoms. The van der Waals surface area contributed by atoms with Crippen molar-refractivity contribution >= 4 is 45.6 Å². The fourth-order valence-corrected chi connectivity index (χ4v) is 11.0. The summed E-state index contributed by atoms with van der Waals surface area (Å²) >= 11 is 0. The van der Waals surface area contributed by atoms with Crippen LogP contribution >= 0.6 is 0 Å². The molecular weight excluding hydrogens is 1060 g/mol. The van der Waals surface area contributed by atoms with Crippen LogP contribution in [0, 0.1) is 0 Å². The summed E-state index contributed by atoms with van der Waals surface area (Å²) in [5.41, 5.74) is 38.1. The van der Waals surface area contributed by atoms with Gasteiger partial charge in [0.2, 0.25) is 0 Å². The Labute approximate surface area is 511 Å². The maximum atomic E-state index is 7.59. The molecule has 4 aromatic carbocycles. The van der Waals surface area contributed by atoms with E-state index in [0.717, 1.165) is 78.0 Å². The molecule has 0 radical (unpaired) electrons. The number of hydrogen-bond acceptors (Lipinski definition) is 4. The normalized spacial score (nSPS) is 13.9. The van der Waals surface area contributed by atoms with Gasteiger partial charge in [-0.1, -0.05) is 263 Å². The Hall–Kier alpha value is -6.30. The zero-order chi connectivity index (χ0) is 60.6. The van der Waals surface area contributed by atoms with E-state index in [1.54, 1.807) is 0 Å². The molecule has 5 heterocycles. The quantitative estimate of drug-likeness (QED) is 0.170. The van der Waals surface area contributed by atoms with Crippen LogP contribution in [-0.4, -0.2) is 9.97 Å². The second-order valence-corrected chi connectivity index (χ2v) is 32.0. The van der Waals surface area contributed by atoms with Crippen LogP contribution in [0.5, 0.6) is 0 Å². The molecule has 0 amide bonds. The molecule has 0 unspecified atom stereocenters. The minimum Gasteiger partial charge on any atom is -0.657 e. The van der Waals surface area contributed by atoms with Crippen LogP contribution in [0.2, 0.25) is 0 Å². The molecule has 83 heavy (non-hydrogen) atoms. The molecule has 0 spiro atoms. The minimum atomic E-state index is -0.178. The molecule has 0 fully saturated rings. The molecule has 9 rings (SSSR count). The van der Waals surface area contributed by atoms with Crippen molar-refractivity contribution in [2.24, 2.45) is 11.5 Å². The van der Waals surface area contributed by atoms with E-state index in [1.165, 1.54) is 44.5 Å². The van der Waals surface area contributed by atoms with Crippen LogP contribution in [0.3, 0.4) is 0 Å². The van der Waals surface area contributed by atoms with Crippen molar-refractivity contribution in [2.45, 2.75) is 209 Å². The third kappa shape index (κ3) is 12.6. The van der Waals surface area contributed by atoms with Crippen molar-refractivity contribution in [3.05, 3.63) is 164 Å². The summed E-state index contributed by atoms with van der Waals surface area (Å²) < 4.78 is 0. The van der Waals surface area contributed by atoms with Gasteiger partial charge in [0.05, 0.1) is 34.2 Å². The first-order valence-electron chi connectivity index (χ1n) is 29.8. The molecule has 0 saturated heterocycles. The van der Waals surface area contributed by atoms with Crippen molar-refractivity contribution in [1.29, 1.82) is 0 Å². The van der Waals surface area contributed by atoms with Crippen molar-refractivity contribution in [1.82, 2.24) is 19.9 Å². The summed E-state index contributed by atoms with van der Waals surface area (Å²) in [5, 5.41) is 0. The second kappa shape index (κ2) is 21.0. The summed E-state index contributed by atoms with van der Waals surface area (Å²) in [5.74, 6) is 0. The SMILES string of the molecule is CC(C)(C)c1cc(-c2c3nc(c(-c4cc(C(C)(C)C)cc(C(C)(C)C)c4)c4ccc([n-]4)c(-c4cc(C(C)(C)C)cc(C(C)(C)C)c4)c4nc(c(-c5cc(C(C)(C)C)cc(C(C)(C)C)c5)c5ccc2[n-]5)C(N)=C4N)C=C3)cc(C(C)(C)C)c1.[Zn+2]. The fourth-order valence-electron chi connectivity index (χ4n) is 11.0. The van der Waals surface area contributed by atoms with Gasteiger partial charge < -0.3 is 21.4 Å². The number of nitrogens with two attached hydrogens (primary N) is 2. The molecule has 7 heteroatoms. The number of rotatable bonds is 4. The Bertz CT molecular complexity index is 3560. The van der Waals surface area contributed by atoms with Gasteiger partial charge in [-0.3, -0.25) is 0 Å². The second-order valence-electron chi connectivity index (χ2n) is 32.0. The predicted octanol–water partition coefficient (Wildman–Crippen LogP) is 19.5. The molecule has 2 aliphatic rings. The van der Waals surface area contributed by atoms with E-state index >= 15 is 0 Å². The van der Waals surface area contributed by atoms with E-state index in [1.807, 2.05) is 0 Å². The van der Waals surface area contributed by atoms with E-state index in [-0.39, 0.29) is 62.8 Å². The molecular formula is C76H94N6Zn. The van der Waals surface area contributed by atoms with Crippen molar-refractivity contribution < 1.29 is 19.5 Å². The molecule has 2 aliphatic heterocycles. The van der Waals surface area contributed by atoms with Crippen LogP contribution in [0.4, 0.5) is 0 Å². The molecule has 0 atom stereocenters. The van der Waals surface area contributed by atoms with Crippen LogP contribution < -0.4 is 21.4 Å². The van der Waals surface area contributed by atoms with Gasteiger partial charge in [0.25, 0.3) is 0 Å². The Kier molecular flexibility index (Phi) is 15.9. The first-order chi connectivity index (χ1) is 37.5. The average Bonchev–Trinajstić information content (AvgIpc) is 2.85. The summed E-state index contributed by atoms with van der Waals surface area (Å²) in [6, 6.07) is 36.8. The van der Waals surface area contributed by atoms with Crippen LogP contribution in [0.25, 0.3) is 90.1 Å². The van der Waals surface area contributed by atoms with Gasteiger partial charge in [-0.05, 0) is 144 Å². The maximum absolute atomic E-state index is 7.59. The third-order valence-corrected chi connectivity index (χ3v) is 16.8. The van der Waals surface area contributed by atoms with E-state index in [2.05, 4.69) is 275 Å². The standard InChI is InChI=1S/C76H94N6.Zn/c1-69(2,3)47-31-43(32-48(39-47)70(4,5)6)61-55-25-26-56(79-55)62(44-33-49(71(7,8)9)40-50(34-44)72(10,11)12)58-28-30-60(81-58)64(46-37-53(75(19,20)21)42-54(38-46)76(22,23)24)68-66(78)65(77)67(82-68)63(59-29-27-57(61)80-59)45-35-51(73(13,14)15)41-52(36-45)74(16,17)18;/h25-42H,77-78H2,1-24H3;/q-2;+2. The van der Waals surface area contributed by atoms with E-state index in [9.17, 15) is 0 Å². The zero-order valence-electron chi connectivity index (χ0n) is 55.0. The molecule has 430 valence electrons. The summed E-state index contributed by atoms with van der Waals surface area (Å²) in [6.45, 7) is 54.9. The minimum absolute atomic E-state index is 0. The van der Waals surface area contributed by atoms with Gasteiger partial charge in [-0.15, -0.1) is 22.1 Å². The number of aromatic nitrogens is 4. The van der Waals surface area contributed by atoms with Crippen molar-refractivity contribution in [2.75, 3.05) is 0 Å². The first-order valence-corrected chi connectivity index (χ1v) is 29.8. The molecule has 3 aromatic heterocycles. The molecule has 6 nitrogen and oxygen atoms in total. The fraction of sp³-hybridized carbons (Fsp3) is 0.421. The maximum Gasteiger partial charge on any atom is 2.00 e. The van der Waals surface area contributed by atoms with Crippen molar-refractivity contribution in [3.8, 4) is 44.5 Å². The van der Waals surface area contributed by atoms with E-state index in [0.29, 0.717) is 22.8 Å². The number of benzene rings is 4. The van der Waals surface area contributed by atoms with Crippen LogP contribution in [0.15, 0.2) is 97.1 Å². The Morgan fingerprint density at radius 2 is 0.470 bits per heavy atom. The van der Waals surface area contributed by atoms with Gasteiger partial charge in [-0.25, -0.2) is 9.97 Å². The molecule has 0 aliphatic carbocycles. The van der Waals surface area contributed by atoms with Gasteiger partial charge in [0.1, 0.15) is 0 Å². The van der Waals surface area contributed by atoms with Gasteiger partial charge in [-0.2, -0.15) is 0 Å². The largest absolute Gasteiger partial charge is 2.00 e. The molecule has 0 saturated carbocycles. The summed E-state index contributed by atoms with van der Waals surface area (Å²) in [7, 11) is 0. The summed E-state index contributed by atoms with van der Waals surface area (Å²) in [6.07, 6.45) is 4.39. The molecule has 7 aromatic rings. The Morgan fingerprint density at radius 3 is 0.675 bits per heavy atom. The van der Waals surface area contributed by atoms with Gasteiger partial charge in [0, 0.05) is 0 Å². The summed E-state index contributed by atoms with van der Waals surface area (Å²) in [4.78, 5) is 23.2. The number of fused-ring (bicyclic) bond motifs is 8. The Balaban J connectivity index is 0.00000900. The third-order valence-electron chi connectivity index (χ3n) is 16.8. The predicted molar refractivity (Wildman–Crippen MR) is 354 cm³/mol. The van der Waals surface area contributed by atoms with Gasteiger partial charge in [0.15, 0.2) is 0 Å². The van der Waals surface area contributed by atoms with Crippen LogP contribution in [0.1, 0.15) is 233 Å². The first kappa shape index (κ1) is 62.7. The smallest absolute Gasteiger partial charge is 0.657 e. The Morgan fingerprint density at radius 1 is 0.277 bits per heavy atom. The number of hydrogen-bond donors (Lipinski definition) is 2. The van der Waals surface area contributed by atoms with Gasteiger partial charge >= 0.3 is 19.5 Å². The number of nitrogens with zero attached hydrogens (tertiary/aromatic N) is 4. The zero-order valence-corrected chi connectivity index (χ0v) is 58.0. The molecule has 4 N–H and O–H groups in total.